The van der Waals surface area contributed by atoms with Gasteiger partial charge in [0, 0.05) is 18.2 Å². The molecule has 128 valence electrons. The molecule has 0 aliphatic heterocycles. The summed E-state index contributed by atoms with van der Waals surface area (Å²) < 4.78 is 4.97. The van der Waals surface area contributed by atoms with E-state index in [1.54, 1.807) is 13.1 Å². The van der Waals surface area contributed by atoms with Crippen LogP contribution in [0.3, 0.4) is 0 Å². The molecule has 0 radical (unpaired) electrons. The van der Waals surface area contributed by atoms with Gasteiger partial charge in [-0.1, -0.05) is 11.8 Å². The van der Waals surface area contributed by atoms with Gasteiger partial charge in [-0.2, -0.15) is 0 Å². The Morgan fingerprint density at radius 3 is 3.00 bits per heavy atom. The van der Waals surface area contributed by atoms with Gasteiger partial charge < -0.3 is 15.2 Å². The Hall–Kier alpha value is -1.34. The van der Waals surface area contributed by atoms with E-state index >= 15 is 0 Å². The number of rotatable bonds is 7. The van der Waals surface area contributed by atoms with Gasteiger partial charge in [-0.05, 0) is 45.8 Å². The van der Waals surface area contributed by atoms with E-state index in [1.807, 2.05) is 13.2 Å². The van der Waals surface area contributed by atoms with E-state index in [9.17, 15) is 9.90 Å². The molecule has 2 unspecified atom stereocenters. The van der Waals surface area contributed by atoms with E-state index in [0.717, 1.165) is 24.8 Å². The van der Waals surface area contributed by atoms with Crippen molar-refractivity contribution in [3.8, 4) is 0 Å². The van der Waals surface area contributed by atoms with Gasteiger partial charge in [0.2, 0.25) is 0 Å². The fourth-order valence-electron chi connectivity index (χ4n) is 2.81. The van der Waals surface area contributed by atoms with Crippen molar-refractivity contribution in [3.05, 3.63) is 11.8 Å². The highest BCUT2D eigenvalue weighted by molar-refractivity contribution is 7.98. The first-order valence-corrected chi connectivity index (χ1v) is 9.23. The number of carbonyl (C=O) groups is 1. The molecule has 23 heavy (non-hydrogen) atoms. The lowest BCUT2D eigenvalue weighted by Gasteiger charge is -2.27. The van der Waals surface area contributed by atoms with Crippen molar-refractivity contribution in [2.45, 2.75) is 62.8 Å². The summed E-state index contributed by atoms with van der Waals surface area (Å²) in [4.78, 5) is 20.4. The van der Waals surface area contributed by atoms with E-state index in [4.69, 9.17) is 4.74 Å². The standard InChI is InChI=1S/C16H25N3O3S/c1-4-22-13(20)8-7-11-10-17-15(23-3)19-14(11)18-12-6-5-9-16(12,2)21/h10,12,21H,4-9H2,1-3H3,(H,17,18,19). The molecule has 0 spiro atoms. The summed E-state index contributed by atoms with van der Waals surface area (Å²) in [5.74, 6) is 0.487. The van der Waals surface area contributed by atoms with Gasteiger partial charge in [-0.25, -0.2) is 9.97 Å². The van der Waals surface area contributed by atoms with Crippen LogP contribution in [0.25, 0.3) is 0 Å². The molecule has 7 heteroatoms. The number of hydrogen-bond donors (Lipinski definition) is 2. The van der Waals surface area contributed by atoms with E-state index in [2.05, 4.69) is 15.3 Å². The van der Waals surface area contributed by atoms with E-state index in [1.165, 1.54) is 11.8 Å². The number of carbonyl (C=O) groups excluding carboxylic acids is 1. The Bertz CT molecular complexity index is 551. The van der Waals surface area contributed by atoms with Crippen molar-refractivity contribution in [1.82, 2.24) is 9.97 Å². The first kappa shape index (κ1) is 18.0. The molecule has 1 aliphatic rings. The molecule has 1 saturated carbocycles. The average Bonchev–Trinajstić information content (AvgIpc) is 2.85. The number of hydrogen-bond acceptors (Lipinski definition) is 7. The monoisotopic (exact) mass is 339 g/mol. The number of ether oxygens (including phenoxy) is 1. The maximum atomic E-state index is 11.6. The Kier molecular flexibility index (Phi) is 6.24. The van der Waals surface area contributed by atoms with E-state index in [-0.39, 0.29) is 12.0 Å². The molecule has 0 saturated heterocycles. The van der Waals surface area contributed by atoms with Crippen molar-refractivity contribution < 1.29 is 14.6 Å². The molecule has 1 aromatic rings. The van der Waals surface area contributed by atoms with Crippen LogP contribution in [0.4, 0.5) is 5.82 Å². The maximum Gasteiger partial charge on any atom is 0.306 e. The van der Waals surface area contributed by atoms with Crippen molar-refractivity contribution in [1.29, 1.82) is 0 Å². The third-order valence-corrected chi connectivity index (χ3v) is 4.73. The third-order valence-electron chi connectivity index (χ3n) is 4.17. The summed E-state index contributed by atoms with van der Waals surface area (Å²) in [6, 6.07) is -0.0338. The van der Waals surface area contributed by atoms with Crippen LogP contribution in [0.2, 0.25) is 0 Å². The predicted molar refractivity (Wildman–Crippen MR) is 90.7 cm³/mol. The Morgan fingerprint density at radius 2 is 2.39 bits per heavy atom. The molecule has 2 rings (SSSR count). The second-order valence-electron chi connectivity index (χ2n) is 5.98. The van der Waals surface area contributed by atoms with E-state index in [0.29, 0.717) is 30.4 Å². The van der Waals surface area contributed by atoms with Crippen molar-refractivity contribution >= 4 is 23.5 Å². The normalized spacial score (nSPS) is 23.7. The minimum absolute atomic E-state index is 0.0338. The third kappa shape index (κ3) is 4.81. The van der Waals surface area contributed by atoms with Crippen molar-refractivity contribution in [2.24, 2.45) is 0 Å². The summed E-state index contributed by atoms with van der Waals surface area (Å²) in [5.41, 5.74) is 0.140. The second-order valence-corrected chi connectivity index (χ2v) is 6.76. The minimum atomic E-state index is -0.733. The number of anilines is 1. The largest absolute Gasteiger partial charge is 0.466 e. The fourth-order valence-corrected chi connectivity index (χ4v) is 3.15. The Morgan fingerprint density at radius 1 is 1.61 bits per heavy atom. The number of aromatic nitrogens is 2. The Balaban J connectivity index is 2.13. The van der Waals surface area contributed by atoms with Crippen LogP contribution in [-0.4, -0.2) is 45.5 Å². The van der Waals surface area contributed by atoms with Gasteiger partial charge in [0.25, 0.3) is 0 Å². The summed E-state index contributed by atoms with van der Waals surface area (Å²) in [6.07, 6.45) is 7.17. The zero-order valence-electron chi connectivity index (χ0n) is 14.0. The van der Waals surface area contributed by atoms with Crippen molar-refractivity contribution in [3.63, 3.8) is 0 Å². The number of nitrogens with one attached hydrogen (secondary N) is 1. The van der Waals surface area contributed by atoms with Crippen LogP contribution in [0, 0.1) is 0 Å². The molecule has 2 atom stereocenters. The molecule has 6 nitrogen and oxygen atoms in total. The lowest BCUT2D eigenvalue weighted by atomic mass is 10.0. The molecule has 1 aromatic heterocycles. The zero-order valence-corrected chi connectivity index (χ0v) is 14.8. The van der Waals surface area contributed by atoms with Crippen LogP contribution in [0.15, 0.2) is 11.4 Å². The van der Waals surface area contributed by atoms with Crippen LogP contribution in [-0.2, 0) is 16.0 Å². The van der Waals surface area contributed by atoms with Gasteiger partial charge in [0.1, 0.15) is 5.82 Å². The fraction of sp³-hybridized carbons (Fsp3) is 0.688. The highest BCUT2D eigenvalue weighted by Crippen LogP contribution is 2.32. The van der Waals surface area contributed by atoms with Gasteiger partial charge in [-0.15, -0.1) is 0 Å². The van der Waals surface area contributed by atoms with Gasteiger partial charge in [0.15, 0.2) is 5.16 Å². The van der Waals surface area contributed by atoms with Crippen LogP contribution in [0.1, 0.15) is 45.1 Å². The van der Waals surface area contributed by atoms with Gasteiger partial charge in [0.05, 0.1) is 18.2 Å². The second kappa shape index (κ2) is 7.97. The number of thioether (sulfide) groups is 1. The number of aliphatic hydroxyl groups is 1. The van der Waals surface area contributed by atoms with Gasteiger partial charge >= 0.3 is 5.97 Å². The maximum absolute atomic E-state index is 11.6. The first-order chi connectivity index (χ1) is 11.0. The van der Waals surface area contributed by atoms with Crippen molar-refractivity contribution in [2.75, 3.05) is 18.2 Å². The molecular formula is C16H25N3O3S. The lowest BCUT2D eigenvalue weighted by molar-refractivity contribution is -0.143. The smallest absolute Gasteiger partial charge is 0.306 e. The zero-order chi connectivity index (χ0) is 16.9. The van der Waals surface area contributed by atoms with Crippen LogP contribution >= 0.6 is 11.8 Å². The molecule has 1 fully saturated rings. The topological polar surface area (TPSA) is 84.3 Å². The van der Waals surface area contributed by atoms with Gasteiger partial charge in [-0.3, -0.25) is 4.79 Å². The molecule has 0 aromatic carbocycles. The SMILES string of the molecule is CCOC(=O)CCc1cnc(SC)nc1NC1CCCC1(C)O. The average molecular weight is 339 g/mol. The predicted octanol–water partition coefficient (Wildman–Crippen LogP) is 2.41. The Labute approximate surface area is 141 Å². The molecule has 1 aliphatic carbocycles. The van der Waals surface area contributed by atoms with Crippen LogP contribution < -0.4 is 5.32 Å². The molecule has 2 N–H and O–H groups in total. The summed E-state index contributed by atoms with van der Waals surface area (Å²) in [6.45, 7) is 4.03. The summed E-state index contributed by atoms with van der Waals surface area (Å²) in [7, 11) is 0. The van der Waals surface area contributed by atoms with Crippen LogP contribution in [0.5, 0.6) is 0 Å². The number of esters is 1. The highest BCUT2D eigenvalue weighted by atomic mass is 32.2. The highest BCUT2D eigenvalue weighted by Gasteiger charge is 2.37. The summed E-state index contributed by atoms with van der Waals surface area (Å²) >= 11 is 1.47. The number of nitrogens with zero attached hydrogens (tertiary/aromatic N) is 2. The molecular weight excluding hydrogens is 314 g/mol. The minimum Gasteiger partial charge on any atom is -0.466 e. The molecule has 1 heterocycles. The number of aryl methyl sites for hydroxylation is 1. The lowest BCUT2D eigenvalue weighted by Crippen LogP contribution is -2.39. The quantitative estimate of drug-likeness (QED) is 0.448. The molecule has 0 bridgehead atoms. The summed E-state index contributed by atoms with van der Waals surface area (Å²) in [5, 5.41) is 14.5. The first-order valence-electron chi connectivity index (χ1n) is 8.00. The molecule has 0 amide bonds. The van der Waals surface area contributed by atoms with E-state index < -0.39 is 5.60 Å².